The lowest BCUT2D eigenvalue weighted by Gasteiger charge is -2.12. The second kappa shape index (κ2) is 4.01. The van der Waals surface area contributed by atoms with E-state index in [0.717, 1.165) is 11.4 Å². The summed E-state index contributed by atoms with van der Waals surface area (Å²) in [5.74, 6) is 0. The third-order valence-electron chi connectivity index (χ3n) is 2.66. The van der Waals surface area contributed by atoms with E-state index in [2.05, 4.69) is 0 Å². The largest absolute Gasteiger partial charge is 0.317 e. The second-order valence-electron chi connectivity index (χ2n) is 3.89. The lowest BCUT2D eigenvalue weighted by Crippen LogP contribution is -2.07. The number of benzene rings is 1. The number of aromatic nitrogens is 1. The van der Waals surface area contributed by atoms with Gasteiger partial charge in [-0.25, -0.2) is 0 Å². The molecule has 0 spiro atoms. The molecule has 0 radical (unpaired) electrons. The van der Waals surface area contributed by atoms with Gasteiger partial charge in [-0.2, -0.15) is 8.42 Å². The van der Waals surface area contributed by atoms with E-state index in [9.17, 15) is 13.0 Å². The number of hydrogen-bond acceptors (Lipinski definition) is 2. The van der Waals surface area contributed by atoms with E-state index in [4.69, 9.17) is 0 Å². The summed E-state index contributed by atoms with van der Waals surface area (Å²) < 4.78 is 33.6. The number of rotatable bonds is 2. The van der Waals surface area contributed by atoms with E-state index in [1.807, 2.05) is 26.0 Å². The molecule has 0 aliphatic carbocycles. The van der Waals surface area contributed by atoms with Crippen LogP contribution in [0.4, 0.5) is 0 Å². The first-order valence-electron chi connectivity index (χ1n) is 5.13. The minimum atomic E-state index is -4.21. The number of hydrogen-bond donors (Lipinski definition) is 1. The van der Waals surface area contributed by atoms with Crippen molar-refractivity contribution in [3.8, 4) is 5.69 Å². The second-order valence-corrected chi connectivity index (χ2v) is 5.28. The summed E-state index contributed by atoms with van der Waals surface area (Å²) in [6.45, 7) is 3.77. The maximum absolute atomic E-state index is 11.3. The summed E-state index contributed by atoms with van der Waals surface area (Å²) in [6.07, 6.45) is 0. The SMILES string of the molecule is Cc1ccc(C)n1-c1ccccc1S(=O)(=O)O. The summed E-state index contributed by atoms with van der Waals surface area (Å²) in [4.78, 5) is -0.0811. The average Bonchev–Trinajstić information content (AvgIpc) is 2.57. The fraction of sp³-hybridized carbons (Fsp3) is 0.167. The van der Waals surface area contributed by atoms with Crippen LogP contribution in [0.1, 0.15) is 11.4 Å². The van der Waals surface area contributed by atoms with Crippen LogP contribution in [0.3, 0.4) is 0 Å². The van der Waals surface area contributed by atoms with Gasteiger partial charge in [0.2, 0.25) is 0 Å². The molecule has 0 saturated heterocycles. The molecule has 0 atom stereocenters. The van der Waals surface area contributed by atoms with Gasteiger partial charge in [0.1, 0.15) is 4.90 Å². The van der Waals surface area contributed by atoms with E-state index < -0.39 is 10.1 Å². The number of aryl methyl sites for hydroxylation is 2. The van der Waals surface area contributed by atoms with E-state index in [-0.39, 0.29) is 4.90 Å². The molecule has 0 fully saturated rings. The van der Waals surface area contributed by atoms with Crippen LogP contribution in [0.5, 0.6) is 0 Å². The molecule has 1 heterocycles. The molecule has 1 N–H and O–H groups in total. The van der Waals surface area contributed by atoms with Crippen LogP contribution in [0.15, 0.2) is 41.3 Å². The van der Waals surface area contributed by atoms with Gasteiger partial charge in [0.25, 0.3) is 10.1 Å². The van der Waals surface area contributed by atoms with E-state index in [0.29, 0.717) is 5.69 Å². The molecule has 0 aliphatic rings. The average molecular weight is 251 g/mol. The number of nitrogens with zero attached hydrogens (tertiary/aromatic N) is 1. The Hall–Kier alpha value is -1.59. The molecule has 17 heavy (non-hydrogen) atoms. The fourth-order valence-electron chi connectivity index (χ4n) is 1.91. The topological polar surface area (TPSA) is 59.3 Å². The molecule has 5 heteroatoms. The Morgan fingerprint density at radius 3 is 2.06 bits per heavy atom. The highest BCUT2D eigenvalue weighted by molar-refractivity contribution is 7.86. The highest BCUT2D eigenvalue weighted by atomic mass is 32.2. The normalized spacial score (nSPS) is 11.7. The molecule has 0 aliphatic heterocycles. The van der Waals surface area contributed by atoms with Crippen LogP contribution in [-0.4, -0.2) is 17.5 Å². The Bertz CT molecular complexity index is 637. The summed E-state index contributed by atoms with van der Waals surface area (Å²) >= 11 is 0. The fourth-order valence-corrected chi connectivity index (χ4v) is 2.58. The van der Waals surface area contributed by atoms with Crippen molar-refractivity contribution < 1.29 is 13.0 Å². The third kappa shape index (κ3) is 2.11. The first-order chi connectivity index (χ1) is 7.91. The molecular formula is C12H13NO3S. The molecule has 1 aromatic heterocycles. The Balaban J connectivity index is 2.78. The lowest BCUT2D eigenvalue weighted by molar-refractivity contribution is 0.482. The van der Waals surface area contributed by atoms with Gasteiger partial charge in [0, 0.05) is 11.4 Å². The smallest absolute Gasteiger partial charge is 0.296 e. The van der Waals surface area contributed by atoms with Crippen molar-refractivity contribution in [1.29, 1.82) is 0 Å². The van der Waals surface area contributed by atoms with Gasteiger partial charge in [-0.05, 0) is 38.1 Å². The van der Waals surface area contributed by atoms with Crippen LogP contribution in [0, 0.1) is 13.8 Å². The van der Waals surface area contributed by atoms with E-state index in [1.165, 1.54) is 6.07 Å². The quantitative estimate of drug-likeness (QED) is 0.833. The minimum Gasteiger partial charge on any atom is -0.317 e. The predicted octanol–water partition coefficient (Wildman–Crippen LogP) is 2.34. The predicted molar refractivity (Wildman–Crippen MR) is 65.1 cm³/mol. The zero-order chi connectivity index (χ0) is 12.6. The molecule has 4 nitrogen and oxygen atoms in total. The zero-order valence-electron chi connectivity index (χ0n) is 9.58. The monoisotopic (exact) mass is 251 g/mol. The van der Waals surface area contributed by atoms with Crippen LogP contribution in [-0.2, 0) is 10.1 Å². The van der Waals surface area contributed by atoms with Crippen LogP contribution in [0.2, 0.25) is 0 Å². The molecule has 0 saturated carbocycles. The maximum atomic E-state index is 11.3. The molecular weight excluding hydrogens is 238 g/mol. The highest BCUT2D eigenvalue weighted by Crippen LogP contribution is 2.23. The molecule has 1 aromatic carbocycles. The standard InChI is InChI=1S/C12H13NO3S/c1-9-7-8-10(2)13(9)11-5-3-4-6-12(11)17(14,15)16/h3-8H,1-2H3,(H,14,15,16). The van der Waals surface area contributed by atoms with Gasteiger partial charge in [-0.15, -0.1) is 0 Å². The van der Waals surface area contributed by atoms with Gasteiger partial charge in [-0.1, -0.05) is 12.1 Å². The number of para-hydroxylation sites is 1. The van der Waals surface area contributed by atoms with Crippen LogP contribution < -0.4 is 0 Å². The van der Waals surface area contributed by atoms with Crippen molar-refractivity contribution in [1.82, 2.24) is 4.57 Å². The van der Waals surface area contributed by atoms with E-state index in [1.54, 1.807) is 22.8 Å². The Labute approximate surface area is 100 Å². The summed E-state index contributed by atoms with van der Waals surface area (Å²) in [6, 6.07) is 10.2. The lowest BCUT2D eigenvalue weighted by atomic mass is 10.3. The van der Waals surface area contributed by atoms with Crippen LogP contribution in [0.25, 0.3) is 5.69 Å². The molecule has 0 amide bonds. The minimum absolute atomic E-state index is 0.0811. The zero-order valence-corrected chi connectivity index (χ0v) is 10.4. The van der Waals surface area contributed by atoms with E-state index >= 15 is 0 Å². The van der Waals surface area contributed by atoms with Crippen molar-refractivity contribution in [3.05, 3.63) is 47.8 Å². The Kier molecular flexibility index (Phi) is 2.81. The van der Waals surface area contributed by atoms with Gasteiger partial charge in [0.15, 0.2) is 0 Å². The van der Waals surface area contributed by atoms with Crippen molar-refractivity contribution >= 4 is 10.1 Å². The Morgan fingerprint density at radius 2 is 1.53 bits per heavy atom. The molecule has 90 valence electrons. The van der Waals surface area contributed by atoms with Crippen molar-refractivity contribution in [2.45, 2.75) is 18.7 Å². The van der Waals surface area contributed by atoms with Crippen molar-refractivity contribution in [3.63, 3.8) is 0 Å². The third-order valence-corrected chi connectivity index (χ3v) is 3.56. The Morgan fingerprint density at radius 1 is 1.00 bits per heavy atom. The van der Waals surface area contributed by atoms with Gasteiger partial charge in [-0.3, -0.25) is 4.55 Å². The van der Waals surface area contributed by atoms with Gasteiger partial charge >= 0.3 is 0 Å². The molecule has 0 bridgehead atoms. The first-order valence-corrected chi connectivity index (χ1v) is 6.57. The van der Waals surface area contributed by atoms with Crippen molar-refractivity contribution in [2.75, 3.05) is 0 Å². The van der Waals surface area contributed by atoms with Gasteiger partial charge < -0.3 is 4.57 Å². The molecule has 2 aromatic rings. The summed E-state index contributed by atoms with van der Waals surface area (Å²) in [5, 5.41) is 0. The molecule has 2 rings (SSSR count). The highest BCUT2D eigenvalue weighted by Gasteiger charge is 2.17. The first kappa shape index (κ1) is 11.9. The summed E-state index contributed by atoms with van der Waals surface area (Å²) in [5.41, 5.74) is 2.30. The summed E-state index contributed by atoms with van der Waals surface area (Å²) in [7, 11) is -4.21. The van der Waals surface area contributed by atoms with Gasteiger partial charge in [0.05, 0.1) is 5.69 Å². The maximum Gasteiger partial charge on any atom is 0.296 e. The van der Waals surface area contributed by atoms with Crippen molar-refractivity contribution in [2.24, 2.45) is 0 Å². The van der Waals surface area contributed by atoms with Crippen LogP contribution >= 0.6 is 0 Å². The molecule has 0 unspecified atom stereocenters.